The van der Waals surface area contributed by atoms with Gasteiger partial charge in [-0.25, -0.2) is 24.5 Å². The van der Waals surface area contributed by atoms with E-state index < -0.39 is 12.2 Å². The molecule has 2 amide bonds. The third-order valence-electron chi connectivity index (χ3n) is 1.80. The van der Waals surface area contributed by atoms with Crippen LogP contribution >= 0.6 is 0 Å². The zero-order valence-corrected chi connectivity index (χ0v) is 7.65. The third-order valence-corrected chi connectivity index (χ3v) is 1.80. The van der Waals surface area contributed by atoms with Gasteiger partial charge in [0.1, 0.15) is 11.8 Å². The predicted molar refractivity (Wildman–Crippen MR) is 50.2 cm³/mol. The molecule has 0 saturated heterocycles. The molecule has 9 heteroatoms. The van der Waals surface area contributed by atoms with Crippen LogP contribution in [0.5, 0.6) is 0 Å². The average Bonchev–Trinajstić information content (AvgIpc) is 2.65. The second-order valence-electron chi connectivity index (χ2n) is 2.70. The number of fused-ring (bicyclic) bond motifs is 1. The van der Waals surface area contributed by atoms with Crippen molar-refractivity contribution in [2.24, 2.45) is 0 Å². The number of anilines is 1. The molecule has 2 rings (SSSR count). The summed E-state index contributed by atoms with van der Waals surface area (Å²) in [6, 6.07) is 0. The van der Waals surface area contributed by atoms with Crippen molar-refractivity contribution in [2.75, 3.05) is 4.90 Å². The Balaban J connectivity index is 2.65. The van der Waals surface area contributed by atoms with Gasteiger partial charge in [0, 0.05) is 0 Å². The van der Waals surface area contributed by atoms with Gasteiger partial charge in [-0.3, -0.25) is 0 Å². The van der Waals surface area contributed by atoms with Crippen LogP contribution in [0.15, 0.2) is 12.7 Å². The van der Waals surface area contributed by atoms with Crippen LogP contribution in [0, 0.1) is 0 Å². The number of imidazole rings is 1. The SMILES string of the molecule is O=C(O)N(C(=O)O)c1ncnc2nc[nH]c12. The fraction of sp³-hybridized carbons (Fsp3) is 0. The van der Waals surface area contributed by atoms with E-state index in [0.29, 0.717) is 0 Å². The summed E-state index contributed by atoms with van der Waals surface area (Å²) in [5.41, 5.74) is 0.338. The summed E-state index contributed by atoms with van der Waals surface area (Å²) in [4.78, 5) is 35.3. The quantitative estimate of drug-likeness (QED) is 0.641. The first-order valence-electron chi connectivity index (χ1n) is 4.01. The van der Waals surface area contributed by atoms with Crippen LogP contribution in [0.4, 0.5) is 15.4 Å². The fourth-order valence-electron chi connectivity index (χ4n) is 1.18. The van der Waals surface area contributed by atoms with Crippen LogP contribution in [0.1, 0.15) is 0 Å². The maximum atomic E-state index is 10.8. The molecular weight excluding hydrogens is 218 g/mol. The predicted octanol–water partition coefficient (Wildman–Crippen LogP) is 0.515. The van der Waals surface area contributed by atoms with Crippen LogP contribution in [0.2, 0.25) is 0 Å². The first-order valence-corrected chi connectivity index (χ1v) is 4.01. The van der Waals surface area contributed by atoms with Crippen molar-refractivity contribution < 1.29 is 19.8 Å². The van der Waals surface area contributed by atoms with Crippen LogP contribution < -0.4 is 4.90 Å². The lowest BCUT2D eigenvalue weighted by atomic mass is 10.4. The molecule has 0 atom stereocenters. The van der Waals surface area contributed by atoms with Gasteiger partial charge in [0.05, 0.1) is 6.33 Å². The van der Waals surface area contributed by atoms with E-state index in [9.17, 15) is 9.59 Å². The Labute approximate surface area is 87.4 Å². The molecule has 82 valence electrons. The van der Waals surface area contributed by atoms with Crippen LogP contribution in [-0.2, 0) is 0 Å². The van der Waals surface area contributed by atoms with Crippen LogP contribution in [0.3, 0.4) is 0 Å². The van der Waals surface area contributed by atoms with Gasteiger partial charge in [0.2, 0.25) is 0 Å². The van der Waals surface area contributed by atoms with Gasteiger partial charge in [-0.15, -0.1) is 0 Å². The lowest BCUT2D eigenvalue weighted by Crippen LogP contribution is -2.35. The third kappa shape index (κ3) is 1.39. The first-order chi connectivity index (χ1) is 7.61. The lowest BCUT2D eigenvalue weighted by molar-refractivity contribution is 0.184. The normalized spacial score (nSPS) is 10.2. The van der Waals surface area contributed by atoms with E-state index in [1.165, 1.54) is 6.33 Å². The van der Waals surface area contributed by atoms with Crippen molar-refractivity contribution in [3.8, 4) is 0 Å². The second-order valence-corrected chi connectivity index (χ2v) is 2.70. The zero-order chi connectivity index (χ0) is 11.7. The Morgan fingerprint density at radius 2 is 1.88 bits per heavy atom. The molecule has 0 aliphatic heterocycles. The summed E-state index contributed by atoms with van der Waals surface area (Å²) in [6.07, 6.45) is -0.994. The summed E-state index contributed by atoms with van der Waals surface area (Å²) < 4.78 is 0. The molecule has 2 aromatic rings. The molecule has 2 aromatic heterocycles. The molecule has 0 radical (unpaired) electrons. The Bertz CT molecular complexity index is 551. The summed E-state index contributed by atoms with van der Waals surface area (Å²) in [5.74, 6) is -0.275. The van der Waals surface area contributed by atoms with Gasteiger partial charge in [-0.2, -0.15) is 4.90 Å². The molecule has 0 saturated carbocycles. The first kappa shape index (κ1) is 9.83. The van der Waals surface area contributed by atoms with Gasteiger partial charge in [0.25, 0.3) is 0 Å². The minimum absolute atomic E-state index is 0.0855. The van der Waals surface area contributed by atoms with Crippen molar-refractivity contribution >= 4 is 29.2 Å². The molecule has 2 heterocycles. The number of imide groups is 1. The number of carbonyl (C=O) groups is 2. The van der Waals surface area contributed by atoms with Crippen molar-refractivity contribution in [1.29, 1.82) is 0 Å². The standard InChI is InChI=1S/C7H5N5O4/c13-6(14)12(7(15)16)5-3-4(9-1-8-3)10-2-11-5/h1-2H,(H,13,14)(H,15,16)(H,8,9,10,11). The number of nitrogens with one attached hydrogen (secondary N) is 1. The van der Waals surface area contributed by atoms with Crippen molar-refractivity contribution in [1.82, 2.24) is 19.9 Å². The maximum absolute atomic E-state index is 10.8. The van der Waals surface area contributed by atoms with E-state index >= 15 is 0 Å². The summed E-state index contributed by atoms with van der Waals surface area (Å²) >= 11 is 0. The number of hydrogen-bond donors (Lipinski definition) is 3. The monoisotopic (exact) mass is 223 g/mol. The highest BCUT2D eigenvalue weighted by atomic mass is 16.4. The zero-order valence-electron chi connectivity index (χ0n) is 7.65. The number of aromatic amines is 1. The van der Waals surface area contributed by atoms with Gasteiger partial charge in [-0.05, 0) is 0 Å². The topological polar surface area (TPSA) is 132 Å². The number of aromatic nitrogens is 4. The number of amides is 2. The van der Waals surface area contributed by atoms with E-state index in [1.54, 1.807) is 0 Å². The van der Waals surface area contributed by atoms with Crippen molar-refractivity contribution in [2.45, 2.75) is 0 Å². The largest absolute Gasteiger partial charge is 0.464 e. The molecule has 0 spiro atoms. The average molecular weight is 223 g/mol. The highest BCUT2D eigenvalue weighted by molar-refractivity contribution is 6.10. The molecule has 3 N–H and O–H groups in total. The fourth-order valence-corrected chi connectivity index (χ4v) is 1.18. The molecule has 0 bridgehead atoms. The Hall–Kier alpha value is -2.71. The molecule has 0 aliphatic carbocycles. The van der Waals surface area contributed by atoms with Crippen molar-refractivity contribution in [3.63, 3.8) is 0 Å². The Morgan fingerprint density at radius 1 is 1.19 bits per heavy atom. The summed E-state index contributed by atoms with van der Waals surface area (Å²) in [5, 5.41) is 17.5. The maximum Gasteiger partial charge on any atom is 0.422 e. The Kier molecular flexibility index (Phi) is 2.12. The highest BCUT2D eigenvalue weighted by Crippen LogP contribution is 2.19. The highest BCUT2D eigenvalue weighted by Gasteiger charge is 2.26. The van der Waals surface area contributed by atoms with E-state index in [2.05, 4.69) is 19.9 Å². The molecule has 0 fully saturated rings. The molecular formula is C7H5N5O4. The number of carboxylic acid groups (broad SMARTS) is 2. The number of hydrogen-bond acceptors (Lipinski definition) is 5. The van der Waals surface area contributed by atoms with Gasteiger partial charge in [-0.1, -0.05) is 0 Å². The van der Waals surface area contributed by atoms with E-state index in [1.807, 2.05) is 0 Å². The molecule has 9 nitrogen and oxygen atoms in total. The van der Waals surface area contributed by atoms with Gasteiger partial charge < -0.3 is 15.2 Å². The minimum Gasteiger partial charge on any atom is -0.464 e. The lowest BCUT2D eigenvalue weighted by Gasteiger charge is -2.11. The molecule has 0 unspecified atom stereocenters. The van der Waals surface area contributed by atoms with Crippen molar-refractivity contribution in [3.05, 3.63) is 12.7 Å². The van der Waals surface area contributed by atoms with Crippen LogP contribution in [0.25, 0.3) is 11.2 Å². The minimum atomic E-state index is -1.65. The molecule has 0 aliphatic rings. The number of nitrogens with zero attached hydrogens (tertiary/aromatic N) is 4. The summed E-state index contributed by atoms with van der Waals surface area (Å²) in [7, 11) is 0. The second kappa shape index (κ2) is 3.46. The number of H-pyrrole nitrogens is 1. The van der Waals surface area contributed by atoms with E-state index in [0.717, 1.165) is 6.33 Å². The molecule has 16 heavy (non-hydrogen) atoms. The van der Waals surface area contributed by atoms with Crippen LogP contribution in [-0.4, -0.2) is 42.3 Å². The smallest absolute Gasteiger partial charge is 0.422 e. The van der Waals surface area contributed by atoms with E-state index in [4.69, 9.17) is 10.2 Å². The molecule has 0 aromatic carbocycles. The Morgan fingerprint density at radius 3 is 2.50 bits per heavy atom. The van der Waals surface area contributed by atoms with E-state index in [-0.39, 0.29) is 21.9 Å². The number of rotatable bonds is 1. The summed E-state index contributed by atoms with van der Waals surface area (Å²) in [6.45, 7) is 0. The van der Waals surface area contributed by atoms with Gasteiger partial charge in [0.15, 0.2) is 11.5 Å². The van der Waals surface area contributed by atoms with Gasteiger partial charge >= 0.3 is 12.2 Å².